The van der Waals surface area contributed by atoms with Gasteiger partial charge in [-0.15, -0.1) is 0 Å². The van der Waals surface area contributed by atoms with Gasteiger partial charge >= 0.3 is 6.09 Å². The molecule has 0 radical (unpaired) electrons. The SMILES string of the molecule is C=C(C)c1c[nH]c2c1=C(N1C[C@@H](C)N(C(=O)OC(C)(C)C)C[C@@H]1C)C(C)=CCN=2.[HH]. The standard InChI is InChI=1S/C23H34N4O2.H2/c1-14(2)18-11-25-21-19(18)20(15(3)9-10-24-21)26-12-17(5)27(13-16(26)4)22(28)29-23(6,7)8;/h9,11,16-17H,1,10,12-13H2,2-8H3,(H,24,25);1H/t16-,17+;/m0./s1. The van der Waals surface area contributed by atoms with E-state index in [2.05, 4.69) is 43.3 Å². The van der Waals surface area contributed by atoms with Gasteiger partial charge in [-0.05, 0) is 59.6 Å². The van der Waals surface area contributed by atoms with Crippen molar-refractivity contribution in [3.8, 4) is 0 Å². The van der Waals surface area contributed by atoms with Crippen molar-refractivity contribution >= 4 is 17.4 Å². The fourth-order valence-electron chi connectivity index (χ4n) is 4.06. The minimum atomic E-state index is -0.496. The van der Waals surface area contributed by atoms with Gasteiger partial charge in [0.05, 0.1) is 12.2 Å². The highest BCUT2D eigenvalue weighted by atomic mass is 16.6. The summed E-state index contributed by atoms with van der Waals surface area (Å²) >= 11 is 0. The minimum Gasteiger partial charge on any atom is -0.444 e. The maximum absolute atomic E-state index is 12.7. The van der Waals surface area contributed by atoms with Crippen molar-refractivity contribution in [2.24, 2.45) is 4.99 Å². The molecule has 1 fully saturated rings. The van der Waals surface area contributed by atoms with Crippen molar-refractivity contribution in [2.75, 3.05) is 19.6 Å². The summed E-state index contributed by atoms with van der Waals surface area (Å²) in [4.78, 5) is 25.0. The number of amides is 1. The van der Waals surface area contributed by atoms with Crippen LogP contribution in [0.15, 0.2) is 29.4 Å². The summed E-state index contributed by atoms with van der Waals surface area (Å²) in [5.74, 6) is 0. The Kier molecular flexibility index (Phi) is 5.65. The molecular weight excluding hydrogens is 364 g/mol. The Morgan fingerprint density at radius 1 is 1.31 bits per heavy atom. The van der Waals surface area contributed by atoms with Gasteiger partial charge in [0.1, 0.15) is 11.1 Å². The summed E-state index contributed by atoms with van der Waals surface area (Å²) in [6, 6.07) is 0.188. The average molecular weight is 401 g/mol. The Bertz CT molecular complexity index is 970. The number of ether oxygens (including phenoxy) is 1. The van der Waals surface area contributed by atoms with Crippen molar-refractivity contribution in [3.05, 3.63) is 40.7 Å². The second-order valence-corrected chi connectivity index (χ2v) is 9.27. The number of hydrogen-bond acceptors (Lipinski definition) is 4. The Morgan fingerprint density at radius 3 is 2.62 bits per heavy atom. The van der Waals surface area contributed by atoms with Gasteiger partial charge < -0.3 is 19.5 Å². The lowest BCUT2D eigenvalue weighted by atomic mass is 10.0. The zero-order valence-electron chi connectivity index (χ0n) is 18.8. The van der Waals surface area contributed by atoms with Crippen LogP contribution in [0.4, 0.5) is 4.79 Å². The normalized spacial score (nSPS) is 22.4. The zero-order valence-corrected chi connectivity index (χ0v) is 18.8. The second kappa shape index (κ2) is 7.73. The number of rotatable bonds is 2. The smallest absolute Gasteiger partial charge is 0.410 e. The van der Waals surface area contributed by atoms with Crippen LogP contribution in [0.5, 0.6) is 0 Å². The molecule has 0 saturated carbocycles. The van der Waals surface area contributed by atoms with Crippen LogP contribution in [0, 0.1) is 0 Å². The molecule has 160 valence electrons. The number of H-pyrrole nitrogens is 1. The molecule has 29 heavy (non-hydrogen) atoms. The molecule has 6 nitrogen and oxygen atoms in total. The van der Waals surface area contributed by atoms with Gasteiger partial charge in [-0.1, -0.05) is 12.7 Å². The summed E-state index contributed by atoms with van der Waals surface area (Å²) in [6.45, 7) is 20.3. The first-order valence-electron chi connectivity index (χ1n) is 10.3. The Hall–Kier alpha value is -2.50. The highest BCUT2D eigenvalue weighted by Gasteiger charge is 2.36. The van der Waals surface area contributed by atoms with E-state index >= 15 is 0 Å². The molecule has 3 heterocycles. The van der Waals surface area contributed by atoms with Gasteiger partial charge in [0.2, 0.25) is 0 Å². The molecule has 2 aliphatic heterocycles. The molecule has 0 spiro atoms. The van der Waals surface area contributed by atoms with Crippen molar-refractivity contribution < 1.29 is 11.0 Å². The van der Waals surface area contributed by atoms with Crippen LogP contribution >= 0.6 is 0 Å². The number of nitrogens with one attached hydrogen (secondary N) is 1. The number of allylic oxidation sites excluding steroid dienone is 1. The first-order valence-corrected chi connectivity index (χ1v) is 10.3. The summed E-state index contributed by atoms with van der Waals surface area (Å²) < 4.78 is 5.63. The number of aromatic amines is 1. The Morgan fingerprint density at radius 2 is 2.00 bits per heavy atom. The molecule has 0 unspecified atom stereocenters. The number of hydrogen-bond donors (Lipinski definition) is 1. The molecule has 2 atom stereocenters. The molecule has 1 aromatic heterocycles. The lowest BCUT2D eigenvalue weighted by Gasteiger charge is -2.46. The Balaban J connectivity index is 0.00000320. The third-order valence-corrected chi connectivity index (χ3v) is 5.48. The predicted octanol–water partition coefficient (Wildman–Crippen LogP) is 3.31. The van der Waals surface area contributed by atoms with E-state index in [9.17, 15) is 4.79 Å². The fraction of sp³-hybridized carbons (Fsp3) is 0.565. The lowest BCUT2D eigenvalue weighted by molar-refractivity contribution is -0.000903. The van der Waals surface area contributed by atoms with Gasteiger partial charge in [0.25, 0.3) is 0 Å². The van der Waals surface area contributed by atoms with E-state index in [0.717, 1.165) is 28.4 Å². The van der Waals surface area contributed by atoms with E-state index in [4.69, 9.17) is 9.73 Å². The van der Waals surface area contributed by atoms with Gasteiger partial charge in [0, 0.05) is 43.6 Å². The highest BCUT2D eigenvalue weighted by Crippen LogP contribution is 2.26. The van der Waals surface area contributed by atoms with Crippen LogP contribution in [-0.4, -0.2) is 58.2 Å². The molecule has 0 aliphatic carbocycles. The van der Waals surface area contributed by atoms with Crippen molar-refractivity contribution in [2.45, 2.75) is 66.2 Å². The number of aromatic nitrogens is 1. The van der Waals surface area contributed by atoms with E-state index in [1.807, 2.05) is 38.8 Å². The molecule has 1 aromatic rings. The van der Waals surface area contributed by atoms with Gasteiger partial charge in [-0.3, -0.25) is 4.99 Å². The predicted molar refractivity (Wildman–Crippen MR) is 119 cm³/mol. The third kappa shape index (κ3) is 4.26. The largest absolute Gasteiger partial charge is 0.444 e. The first-order chi connectivity index (χ1) is 13.5. The van der Waals surface area contributed by atoms with Crippen LogP contribution in [-0.2, 0) is 4.74 Å². The van der Waals surface area contributed by atoms with Crippen LogP contribution in [0.3, 0.4) is 0 Å². The maximum Gasteiger partial charge on any atom is 0.410 e. The molecule has 3 rings (SSSR count). The van der Waals surface area contributed by atoms with E-state index in [0.29, 0.717) is 13.1 Å². The van der Waals surface area contributed by atoms with Crippen LogP contribution < -0.4 is 10.7 Å². The lowest BCUT2D eigenvalue weighted by Crippen LogP contribution is -2.59. The van der Waals surface area contributed by atoms with Gasteiger partial charge in [0.15, 0.2) is 0 Å². The number of carbonyl (C=O) groups is 1. The monoisotopic (exact) mass is 400 g/mol. The summed E-state index contributed by atoms with van der Waals surface area (Å²) in [7, 11) is 0. The van der Waals surface area contributed by atoms with Crippen molar-refractivity contribution in [3.63, 3.8) is 0 Å². The molecule has 0 aromatic carbocycles. The van der Waals surface area contributed by atoms with Crippen molar-refractivity contribution in [1.82, 2.24) is 14.8 Å². The molecule has 2 aliphatic rings. The van der Waals surface area contributed by atoms with E-state index < -0.39 is 5.60 Å². The number of carbonyl (C=O) groups excluding carboxylic acids is 1. The number of nitrogens with zero attached hydrogens (tertiary/aromatic N) is 3. The van der Waals surface area contributed by atoms with E-state index in [1.165, 1.54) is 11.3 Å². The highest BCUT2D eigenvalue weighted by molar-refractivity contribution is 5.72. The maximum atomic E-state index is 12.7. The molecule has 0 bridgehead atoms. The quantitative estimate of drug-likeness (QED) is 0.828. The second-order valence-electron chi connectivity index (χ2n) is 9.27. The third-order valence-electron chi connectivity index (χ3n) is 5.48. The summed E-state index contributed by atoms with van der Waals surface area (Å²) in [5, 5.41) is 1.12. The Labute approximate surface area is 175 Å². The van der Waals surface area contributed by atoms with Crippen LogP contribution in [0.25, 0.3) is 11.3 Å². The van der Waals surface area contributed by atoms with Crippen LogP contribution in [0.1, 0.15) is 55.5 Å². The van der Waals surface area contributed by atoms with E-state index in [-0.39, 0.29) is 19.6 Å². The topological polar surface area (TPSA) is 60.9 Å². The first kappa shape index (κ1) is 21.2. The minimum absolute atomic E-state index is 0. The average Bonchev–Trinajstić information content (AvgIpc) is 2.93. The van der Waals surface area contributed by atoms with Crippen LogP contribution in [0.2, 0.25) is 0 Å². The molecule has 6 heteroatoms. The number of piperazine rings is 1. The summed E-state index contributed by atoms with van der Waals surface area (Å²) in [5.41, 5.74) is 4.91. The molecule has 1 saturated heterocycles. The molecule has 1 N–H and O–H groups in total. The zero-order chi connectivity index (χ0) is 21.5. The summed E-state index contributed by atoms with van der Waals surface area (Å²) in [6.07, 6.45) is 3.93. The van der Waals surface area contributed by atoms with E-state index in [1.54, 1.807) is 0 Å². The number of fused-ring (bicyclic) bond motifs is 1. The van der Waals surface area contributed by atoms with Crippen molar-refractivity contribution in [1.29, 1.82) is 0 Å². The van der Waals surface area contributed by atoms with Gasteiger partial charge in [-0.2, -0.15) is 0 Å². The van der Waals surface area contributed by atoms with Gasteiger partial charge in [-0.25, -0.2) is 4.79 Å². The molecular formula is C23H36N4O2. The fourth-order valence-corrected chi connectivity index (χ4v) is 4.06. The molecule has 1 amide bonds.